The Kier molecular flexibility index (Phi) is 3.73. The first-order valence-corrected chi connectivity index (χ1v) is 3.98. The zero-order valence-corrected chi connectivity index (χ0v) is 7.22. The summed E-state index contributed by atoms with van der Waals surface area (Å²) in [6.45, 7) is 0.0460. The Morgan fingerprint density at radius 2 is 2.31 bits per heavy atom. The van der Waals surface area contributed by atoms with E-state index in [1.165, 1.54) is 6.34 Å². The minimum Gasteiger partial charge on any atom is -0.392 e. The van der Waals surface area contributed by atoms with Crippen LogP contribution in [0.25, 0.3) is 6.08 Å². The minimum atomic E-state index is 0.0460. The van der Waals surface area contributed by atoms with Gasteiger partial charge in [-0.3, -0.25) is 0 Å². The van der Waals surface area contributed by atoms with Crippen LogP contribution in [0.5, 0.6) is 0 Å². The van der Waals surface area contributed by atoms with Crippen LogP contribution in [-0.4, -0.2) is 18.1 Å². The van der Waals surface area contributed by atoms with Gasteiger partial charge in [0.05, 0.1) is 18.6 Å². The van der Waals surface area contributed by atoms with Gasteiger partial charge in [-0.25, -0.2) is 4.99 Å². The second-order valence-electron chi connectivity index (χ2n) is 2.46. The average Bonchev–Trinajstić information content (AvgIpc) is 2.16. The van der Waals surface area contributed by atoms with Gasteiger partial charge in [-0.15, -0.1) is 0 Å². The van der Waals surface area contributed by atoms with Gasteiger partial charge in [-0.05, 0) is 17.7 Å². The molecule has 0 amide bonds. The Bertz CT molecular complexity index is 318. The summed E-state index contributed by atoms with van der Waals surface area (Å²) in [7, 11) is 0. The predicted octanol–water partition coefficient (Wildman–Crippen LogP) is 1.31. The maximum absolute atomic E-state index is 8.56. The van der Waals surface area contributed by atoms with Crippen molar-refractivity contribution in [2.75, 3.05) is 6.61 Å². The van der Waals surface area contributed by atoms with E-state index in [9.17, 15) is 0 Å². The van der Waals surface area contributed by atoms with Crippen molar-refractivity contribution in [3.05, 3.63) is 35.9 Å². The molecular formula is C10H12N2O. The molecule has 0 spiro atoms. The Hall–Kier alpha value is -1.61. The van der Waals surface area contributed by atoms with Crippen LogP contribution >= 0.6 is 0 Å². The van der Waals surface area contributed by atoms with Crippen LogP contribution in [-0.2, 0) is 0 Å². The van der Waals surface area contributed by atoms with Crippen LogP contribution < -0.4 is 5.73 Å². The SMILES string of the molecule is NC=Nc1cccc(/C=C/CO)c1. The van der Waals surface area contributed by atoms with Gasteiger partial charge in [0.25, 0.3) is 0 Å². The fourth-order valence-corrected chi connectivity index (χ4v) is 0.984. The minimum absolute atomic E-state index is 0.0460. The van der Waals surface area contributed by atoms with Gasteiger partial charge in [0.15, 0.2) is 0 Å². The number of aliphatic imine (C=N–C) groups is 1. The van der Waals surface area contributed by atoms with Crippen LogP contribution in [0.2, 0.25) is 0 Å². The van der Waals surface area contributed by atoms with E-state index in [0.29, 0.717) is 0 Å². The number of hydrogen-bond donors (Lipinski definition) is 2. The summed E-state index contributed by atoms with van der Waals surface area (Å²) < 4.78 is 0. The van der Waals surface area contributed by atoms with Gasteiger partial charge < -0.3 is 10.8 Å². The number of aliphatic hydroxyl groups excluding tert-OH is 1. The van der Waals surface area contributed by atoms with Gasteiger partial charge in [0, 0.05) is 0 Å². The summed E-state index contributed by atoms with van der Waals surface area (Å²) in [6, 6.07) is 7.57. The van der Waals surface area contributed by atoms with E-state index in [1.54, 1.807) is 6.08 Å². The van der Waals surface area contributed by atoms with E-state index >= 15 is 0 Å². The third kappa shape index (κ3) is 3.09. The average molecular weight is 176 g/mol. The van der Waals surface area contributed by atoms with Crippen molar-refractivity contribution in [1.29, 1.82) is 0 Å². The monoisotopic (exact) mass is 176 g/mol. The molecule has 3 heteroatoms. The summed E-state index contributed by atoms with van der Waals surface area (Å²) in [5.41, 5.74) is 6.97. The van der Waals surface area contributed by atoms with Crippen LogP contribution in [0.4, 0.5) is 5.69 Å². The lowest BCUT2D eigenvalue weighted by Crippen LogP contribution is -1.86. The van der Waals surface area contributed by atoms with Crippen molar-refractivity contribution >= 4 is 18.1 Å². The van der Waals surface area contributed by atoms with Gasteiger partial charge in [0.2, 0.25) is 0 Å². The molecule has 0 aliphatic carbocycles. The Balaban J connectivity index is 2.85. The maximum Gasteiger partial charge on any atom is 0.0860 e. The van der Waals surface area contributed by atoms with Crippen LogP contribution in [0.3, 0.4) is 0 Å². The van der Waals surface area contributed by atoms with E-state index in [4.69, 9.17) is 10.8 Å². The Morgan fingerprint density at radius 3 is 3.00 bits per heavy atom. The predicted molar refractivity (Wildman–Crippen MR) is 54.9 cm³/mol. The highest BCUT2D eigenvalue weighted by Gasteiger charge is 1.88. The molecule has 0 aromatic heterocycles. The smallest absolute Gasteiger partial charge is 0.0860 e. The number of nitrogens with two attached hydrogens (primary N) is 1. The number of benzene rings is 1. The molecule has 1 aromatic rings. The first-order chi connectivity index (χ1) is 6.36. The van der Waals surface area contributed by atoms with E-state index < -0.39 is 0 Å². The molecule has 3 N–H and O–H groups in total. The molecule has 0 saturated carbocycles. The molecule has 0 aliphatic heterocycles. The van der Waals surface area contributed by atoms with E-state index in [-0.39, 0.29) is 6.61 Å². The zero-order chi connectivity index (χ0) is 9.52. The summed E-state index contributed by atoms with van der Waals surface area (Å²) in [5, 5.41) is 8.56. The second-order valence-corrected chi connectivity index (χ2v) is 2.46. The van der Waals surface area contributed by atoms with E-state index in [1.807, 2.05) is 30.3 Å². The molecule has 0 unspecified atom stereocenters. The van der Waals surface area contributed by atoms with Gasteiger partial charge in [0.1, 0.15) is 0 Å². The summed E-state index contributed by atoms with van der Waals surface area (Å²) in [5.74, 6) is 0. The zero-order valence-electron chi connectivity index (χ0n) is 7.22. The largest absolute Gasteiger partial charge is 0.392 e. The number of hydrogen-bond acceptors (Lipinski definition) is 2. The lowest BCUT2D eigenvalue weighted by atomic mass is 10.2. The normalized spacial score (nSPS) is 11.5. The number of rotatable bonds is 3. The number of aliphatic hydroxyl groups is 1. The van der Waals surface area contributed by atoms with Crippen molar-refractivity contribution < 1.29 is 5.11 Å². The van der Waals surface area contributed by atoms with E-state index in [0.717, 1.165) is 11.3 Å². The van der Waals surface area contributed by atoms with Gasteiger partial charge in [-0.1, -0.05) is 24.3 Å². The molecule has 0 saturated heterocycles. The molecule has 0 heterocycles. The lowest BCUT2D eigenvalue weighted by molar-refractivity contribution is 0.343. The quantitative estimate of drug-likeness (QED) is 0.539. The first-order valence-electron chi connectivity index (χ1n) is 3.98. The van der Waals surface area contributed by atoms with Crippen molar-refractivity contribution in [1.82, 2.24) is 0 Å². The fourth-order valence-electron chi connectivity index (χ4n) is 0.984. The molecule has 1 aromatic carbocycles. The van der Waals surface area contributed by atoms with E-state index in [2.05, 4.69) is 4.99 Å². The van der Waals surface area contributed by atoms with Crippen molar-refractivity contribution in [2.24, 2.45) is 10.7 Å². The third-order valence-corrected chi connectivity index (χ3v) is 1.51. The third-order valence-electron chi connectivity index (χ3n) is 1.51. The van der Waals surface area contributed by atoms with Crippen LogP contribution in [0.1, 0.15) is 5.56 Å². The van der Waals surface area contributed by atoms with Crippen molar-refractivity contribution in [3.8, 4) is 0 Å². The topological polar surface area (TPSA) is 58.6 Å². The second kappa shape index (κ2) is 5.11. The first kappa shape index (κ1) is 9.48. The van der Waals surface area contributed by atoms with Gasteiger partial charge >= 0.3 is 0 Å². The highest BCUT2D eigenvalue weighted by molar-refractivity contribution is 5.62. The molecule has 0 bridgehead atoms. The van der Waals surface area contributed by atoms with Gasteiger partial charge in [-0.2, -0.15) is 0 Å². The molecule has 0 atom stereocenters. The maximum atomic E-state index is 8.56. The molecule has 0 radical (unpaired) electrons. The highest BCUT2D eigenvalue weighted by atomic mass is 16.2. The standard InChI is InChI=1S/C10H12N2O/c11-8-12-10-5-1-3-9(7-10)4-2-6-13/h1-5,7-8,13H,6H2,(H2,11,12)/b4-2+. The molecule has 0 aliphatic rings. The van der Waals surface area contributed by atoms with Crippen LogP contribution in [0.15, 0.2) is 35.3 Å². The van der Waals surface area contributed by atoms with Crippen LogP contribution in [0, 0.1) is 0 Å². The van der Waals surface area contributed by atoms with Crippen molar-refractivity contribution in [2.45, 2.75) is 0 Å². The highest BCUT2D eigenvalue weighted by Crippen LogP contribution is 2.14. The molecule has 0 fully saturated rings. The molecule has 13 heavy (non-hydrogen) atoms. The lowest BCUT2D eigenvalue weighted by Gasteiger charge is -1.95. The van der Waals surface area contributed by atoms with Crippen molar-refractivity contribution in [3.63, 3.8) is 0 Å². The number of nitrogens with zero attached hydrogens (tertiary/aromatic N) is 1. The Labute approximate surface area is 77.2 Å². The molecule has 3 nitrogen and oxygen atoms in total. The molecule has 1 rings (SSSR count). The Morgan fingerprint density at radius 1 is 1.46 bits per heavy atom. The molecule has 68 valence electrons. The summed E-state index contributed by atoms with van der Waals surface area (Å²) in [6.07, 6.45) is 4.76. The summed E-state index contributed by atoms with van der Waals surface area (Å²) in [4.78, 5) is 3.93. The fraction of sp³-hybridized carbons (Fsp3) is 0.100. The molecular weight excluding hydrogens is 164 g/mol. The summed E-state index contributed by atoms with van der Waals surface area (Å²) >= 11 is 0.